The maximum absolute atomic E-state index is 4.41. The van der Waals surface area contributed by atoms with Gasteiger partial charge < -0.3 is 0 Å². The molecule has 0 atom stereocenters. The summed E-state index contributed by atoms with van der Waals surface area (Å²) in [4.78, 5) is 2.93. The van der Waals surface area contributed by atoms with Crippen LogP contribution in [-0.2, 0) is 19.9 Å². The first kappa shape index (κ1) is 12.7. The molecule has 0 spiro atoms. The highest BCUT2D eigenvalue weighted by molar-refractivity contribution is 7.12. The highest BCUT2D eigenvalue weighted by Gasteiger charge is 2.23. The molecule has 2 aromatic rings. The summed E-state index contributed by atoms with van der Waals surface area (Å²) in [5, 5.41) is 4.41. The lowest BCUT2D eigenvalue weighted by atomic mass is 10.0. The zero-order chi connectivity index (χ0) is 11.3. The summed E-state index contributed by atoms with van der Waals surface area (Å²) in [7, 11) is 2.06. The Labute approximate surface area is 112 Å². The second-order valence-corrected chi connectivity index (χ2v) is 5.99. The van der Waals surface area contributed by atoms with Crippen LogP contribution in [0, 0.1) is 13.8 Å². The van der Waals surface area contributed by atoms with E-state index >= 15 is 0 Å². The van der Waals surface area contributed by atoms with Gasteiger partial charge in [-0.2, -0.15) is 5.10 Å². The van der Waals surface area contributed by atoms with E-state index in [9.17, 15) is 0 Å². The summed E-state index contributed by atoms with van der Waals surface area (Å²) >= 11 is 1.93. The number of hydrogen-bond donors (Lipinski definition) is 0. The van der Waals surface area contributed by atoms with Gasteiger partial charge in [-0.05, 0) is 44.2 Å². The normalized spacial score (nSPS) is 13.6. The number of aryl methyl sites for hydroxylation is 4. The second-order valence-electron chi connectivity index (χ2n) is 4.56. The van der Waals surface area contributed by atoms with Crippen molar-refractivity contribution in [2.24, 2.45) is 7.05 Å². The van der Waals surface area contributed by atoms with Gasteiger partial charge in [0, 0.05) is 22.4 Å². The Kier molecular flexibility index (Phi) is 3.32. The van der Waals surface area contributed by atoms with Crippen molar-refractivity contribution < 1.29 is 0 Å². The van der Waals surface area contributed by atoms with Crippen LogP contribution in [0.5, 0.6) is 0 Å². The van der Waals surface area contributed by atoms with Crippen LogP contribution in [0.3, 0.4) is 0 Å². The third-order valence-electron chi connectivity index (χ3n) is 3.51. The predicted molar refractivity (Wildman–Crippen MR) is 75.3 cm³/mol. The zero-order valence-corrected chi connectivity index (χ0v) is 12.0. The minimum absolute atomic E-state index is 0. The summed E-state index contributed by atoms with van der Waals surface area (Å²) in [5.74, 6) is 0. The largest absolute Gasteiger partial charge is 0.268 e. The average Bonchev–Trinajstić information content (AvgIpc) is 2.64. The van der Waals surface area contributed by atoms with Crippen LogP contribution in [0.15, 0.2) is 6.20 Å². The summed E-state index contributed by atoms with van der Waals surface area (Å²) in [6.07, 6.45) is 5.68. The van der Waals surface area contributed by atoms with Gasteiger partial charge in [-0.1, -0.05) is 0 Å². The van der Waals surface area contributed by atoms with Gasteiger partial charge in [0.1, 0.15) is 0 Å². The van der Waals surface area contributed by atoms with E-state index in [1.54, 1.807) is 5.56 Å². The van der Waals surface area contributed by atoms with Crippen LogP contribution in [0.4, 0.5) is 0 Å². The van der Waals surface area contributed by atoms with Crippen molar-refractivity contribution in [1.29, 1.82) is 0 Å². The van der Waals surface area contributed by atoms with Gasteiger partial charge >= 0.3 is 0 Å². The molecule has 3 rings (SSSR count). The maximum Gasteiger partial charge on any atom is 0.0724 e. The molecule has 2 heterocycles. The molecule has 1 aliphatic rings. The van der Waals surface area contributed by atoms with Crippen molar-refractivity contribution in [3.8, 4) is 11.3 Å². The van der Waals surface area contributed by atoms with Gasteiger partial charge in [0.05, 0.1) is 11.9 Å². The number of rotatable bonds is 0. The van der Waals surface area contributed by atoms with E-state index in [4.69, 9.17) is 0 Å². The van der Waals surface area contributed by atoms with E-state index in [0.29, 0.717) is 0 Å². The van der Waals surface area contributed by atoms with E-state index in [1.165, 1.54) is 45.8 Å². The lowest BCUT2D eigenvalue weighted by Gasteiger charge is -2.05. The molecule has 0 aromatic carbocycles. The molecular weight excluding hydrogens is 252 g/mol. The molecular formula is C13H17ClN2S. The van der Waals surface area contributed by atoms with Crippen molar-refractivity contribution in [2.45, 2.75) is 33.1 Å². The molecule has 1 aliphatic carbocycles. The monoisotopic (exact) mass is 268 g/mol. The number of nitrogens with zero attached hydrogens (tertiary/aromatic N) is 2. The fourth-order valence-electron chi connectivity index (χ4n) is 2.79. The van der Waals surface area contributed by atoms with Gasteiger partial charge in [0.25, 0.3) is 0 Å². The Morgan fingerprint density at radius 3 is 2.76 bits per heavy atom. The van der Waals surface area contributed by atoms with Crippen LogP contribution < -0.4 is 0 Å². The van der Waals surface area contributed by atoms with E-state index in [0.717, 1.165) is 0 Å². The number of thiophene rings is 1. The minimum Gasteiger partial charge on any atom is -0.268 e. The SMILES string of the molecule is Cc1sc(C)c2c1CCCc1cnn(C)c1-2.Cl. The standard InChI is InChI=1S/C13H16N2S.ClH/c1-8-11-6-4-5-10-7-14-15(3)13(10)12(11)9(2)16-8;/h7H,4-6H2,1-3H3;1H. The highest BCUT2D eigenvalue weighted by atomic mass is 35.5. The molecule has 2 aromatic heterocycles. The maximum atomic E-state index is 4.41. The van der Waals surface area contributed by atoms with E-state index < -0.39 is 0 Å². The topological polar surface area (TPSA) is 17.8 Å². The van der Waals surface area contributed by atoms with Crippen LogP contribution in [0.2, 0.25) is 0 Å². The van der Waals surface area contributed by atoms with Crippen LogP contribution in [0.1, 0.15) is 27.3 Å². The predicted octanol–water partition coefficient (Wildman–Crippen LogP) is 3.68. The molecule has 4 heteroatoms. The lowest BCUT2D eigenvalue weighted by Crippen LogP contribution is -1.96. The molecule has 0 saturated heterocycles. The first-order valence-electron chi connectivity index (χ1n) is 5.78. The van der Waals surface area contributed by atoms with Crippen LogP contribution >= 0.6 is 23.7 Å². The van der Waals surface area contributed by atoms with Crippen molar-refractivity contribution in [3.05, 3.63) is 27.1 Å². The molecule has 0 fully saturated rings. The summed E-state index contributed by atoms with van der Waals surface area (Å²) < 4.78 is 2.04. The Balaban J connectivity index is 0.00000108. The second kappa shape index (κ2) is 4.46. The average molecular weight is 269 g/mol. The fourth-order valence-corrected chi connectivity index (χ4v) is 3.89. The van der Waals surface area contributed by atoms with Crippen molar-refractivity contribution in [1.82, 2.24) is 9.78 Å². The quantitative estimate of drug-likeness (QED) is 0.713. The minimum atomic E-state index is 0. The van der Waals surface area contributed by atoms with E-state index in [2.05, 4.69) is 26.0 Å². The highest BCUT2D eigenvalue weighted by Crippen LogP contribution is 2.40. The molecule has 0 unspecified atom stereocenters. The first-order chi connectivity index (χ1) is 7.68. The van der Waals surface area contributed by atoms with E-state index in [-0.39, 0.29) is 12.4 Å². The third kappa shape index (κ3) is 1.81. The third-order valence-corrected chi connectivity index (χ3v) is 4.57. The van der Waals surface area contributed by atoms with Crippen LogP contribution in [0.25, 0.3) is 11.3 Å². The van der Waals surface area contributed by atoms with Crippen molar-refractivity contribution in [3.63, 3.8) is 0 Å². The van der Waals surface area contributed by atoms with Crippen molar-refractivity contribution >= 4 is 23.7 Å². The lowest BCUT2D eigenvalue weighted by molar-refractivity contribution is 0.774. The summed E-state index contributed by atoms with van der Waals surface area (Å²) in [6, 6.07) is 0. The van der Waals surface area contributed by atoms with Gasteiger partial charge in [0.2, 0.25) is 0 Å². The number of halogens is 1. The Morgan fingerprint density at radius 1 is 1.24 bits per heavy atom. The van der Waals surface area contributed by atoms with Crippen LogP contribution in [-0.4, -0.2) is 9.78 Å². The summed E-state index contributed by atoms with van der Waals surface area (Å²) in [5.41, 5.74) is 5.80. The molecule has 92 valence electrons. The Morgan fingerprint density at radius 2 is 2.00 bits per heavy atom. The molecule has 0 bridgehead atoms. The number of fused-ring (bicyclic) bond motifs is 3. The molecule has 2 nitrogen and oxygen atoms in total. The Bertz CT molecular complexity index is 554. The molecule has 0 aliphatic heterocycles. The fraction of sp³-hybridized carbons (Fsp3) is 0.462. The first-order valence-corrected chi connectivity index (χ1v) is 6.60. The molecule has 0 N–H and O–H groups in total. The van der Waals surface area contributed by atoms with Crippen molar-refractivity contribution in [2.75, 3.05) is 0 Å². The number of aromatic nitrogens is 2. The Hall–Kier alpha value is -0.800. The van der Waals surface area contributed by atoms with Gasteiger partial charge in [-0.15, -0.1) is 23.7 Å². The van der Waals surface area contributed by atoms with Gasteiger partial charge in [-0.3, -0.25) is 4.68 Å². The molecule has 0 amide bonds. The zero-order valence-electron chi connectivity index (χ0n) is 10.4. The van der Waals surface area contributed by atoms with Gasteiger partial charge in [0.15, 0.2) is 0 Å². The smallest absolute Gasteiger partial charge is 0.0724 e. The molecule has 17 heavy (non-hydrogen) atoms. The summed E-state index contributed by atoms with van der Waals surface area (Å²) in [6.45, 7) is 4.48. The van der Waals surface area contributed by atoms with E-state index in [1.807, 2.05) is 22.2 Å². The number of hydrogen-bond acceptors (Lipinski definition) is 2. The molecule has 0 radical (unpaired) electrons. The van der Waals surface area contributed by atoms with Gasteiger partial charge in [-0.25, -0.2) is 0 Å². The molecule has 0 saturated carbocycles.